The molecule has 0 atom stereocenters. The molecule has 0 bridgehead atoms. The molecule has 0 amide bonds. The fourth-order valence-electron chi connectivity index (χ4n) is 3.13. The molecule has 0 fully saturated rings. The second-order valence-corrected chi connectivity index (χ2v) is 8.19. The molecule has 1 aromatic heterocycles. The van der Waals surface area contributed by atoms with Crippen LogP contribution in [-0.4, -0.2) is 14.8 Å². The molecule has 158 valence electrons. The zero-order valence-electron chi connectivity index (χ0n) is 16.2. The standard InChI is InChI=1S/C23H17ClF3N3S/c24-20-12-5-4-11-19(20)21-28-29-22(30(21)14-16-7-2-1-3-8-16)31-15-17-9-6-10-18(13-17)23(25,26)27/h1-13H,14-15H2. The lowest BCUT2D eigenvalue weighted by Crippen LogP contribution is -2.05. The van der Waals surface area contributed by atoms with E-state index >= 15 is 0 Å². The highest BCUT2D eigenvalue weighted by atomic mass is 35.5. The molecule has 3 aromatic carbocycles. The van der Waals surface area contributed by atoms with Gasteiger partial charge in [-0.25, -0.2) is 0 Å². The van der Waals surface area contributed by atoms with Crippen LogP contribution in [0.25, 0.3) is 11.4 Å². The molecular weight excluding hydrogens is 443 g/mol. The van der Waals surface area contributed by atoms with Crippen LogP contribution in [0, 0.1) is 0 Å². The van der Waals surface area contributed by atoms with E-state index in [0.29, 0.717) is 33.9 Å². The fourth-order valence-corrected chi connectivity index (χ4v) is 4.23. The van der Waals surface area contributed by atoms with Crippen LogP contribution in [0.15, 0.2) is 84.0 Å². The van der Waals surface area contributed by atoms with Crippen LogP contribution in [0.3, 0.4) is 0 Å². The first kappa shape index (κ1) is 21.5. The van der Waals surface area contributed by atoms with E-state index in [1.54, 1.807) is 12.1 Å². The molecule has 0 aliphatic rings. The van der Waals surface area contributed by atoms with Crippen LogP contribution in [-0.2, 0) is 18.5 Å². The van der Waals surface area contributed by atoms with E-state index < -0.39 is 11.7 Å². The minimum atomic E-state index is -4.37. The van der Waals surface area contributed by atoms with Crippen LogP contribution in [0.5, 0.6) is 0 Å². The number of benzene rings is 3. The van der Waals surface area contributed by atoms with E-state index in [2.05, 4.69) is 10.2 Å². The van der Waals surface area contributed by atoms with Gasteiger partial charge in [-0.2, -0.15) is 13.2 Å². The van der Waals surface area contributed by atoms with Crippen LogP contribution in [0.2, 0.25) is 5.02 Å². The Morgan fingerprint density at radius 3 is 2.29 bits per heavy atom. The Morgan fingerprint density at radius 1 is 0.839 bits per heavy atom. The molecule has 0 aliphatic heterocycles. The molecule has 0 saturated heterocycles. The lowest BCUT2D eigenvalue weighted by atomic mass is 10.1. The SMILES string of the molecule is FC(F)(F)c1cccc(CSc2nnc(-c3ccccc3Cl)n2Cc2ccccc2)c1. The number of halogens is 4. The molecule has 4 aromatic rings. The van der Waals surface area contributed by atoms with Crippen molar-refractivity contribution in [3.05, 3.63) is 101 Å². The minimum Gasteiger partial charge on any atom is -0.297 e. The number of thioether (sulfide) groups is 1. The smallest absolute Gasteiger partial charge is 0.297 e. The molecule has 1 heterocycles. The predicted molar refractivity (Wildman–Crippen MR) is 117 cm³/mol. The Hall–Kier alpha value is -2.77. The lowest BCUT2D eigenvalue weighted by molar-refractivity contribution is -0.137. The second-order valence-electron chi connectivity index (χ2n) is 6.84. The van der Waals surface area contributed by atoms with Gasteiger partial charge < -0.3 is 0 Å². The Kier molecular flexibility index (Phi) is 6.34. The van der Waals surface area contributed by atoms with E-state index in [-0.39, 0.29) is 0 Å². The van der Waals surface area contributed by atoms with Gasteiger partial charge in [-0.1, -0.05) is 84.0 Å². The first-order chi connectivity index (χ1) is 14.9. The van der Waals surface area contributed by atoms with Crippen LogP contribution in [0.1, 0.15) is 16.7 Å². The maximum absolute atomic E-state index is 13.0. The predicted octanol–water partition coefficient (Wildman–Crippen LogP) is 6.96. The quantitative estimate of drug-likeness (QED) is 0.292. The number of aromatic nitrogens is 3. The van der Waals surface area contributed by atoms with Crippen molar-refractivity contribution in [3.63, 3.8) is 0 Å². The van der Waals surface area contributed by atoms with Gasteiger partial charge in [0, 0.05) is 11.3 Å². The molecule has 8 heteroatoms. The van der Waals surface area contributed by atoms with Crippen LogP contribution >= 0.6 is 23.4 Å². The van der Waals surface area contributed by atoms with Crippen molar-refractivity contribution in [2.24, 2.45) is 0 Å². The summed E-state index contributed by atoms with van der Waals surface area (Å²) in [5.41, 5.74) is 1.71. The average molecular weight is 460 g/mol. The first-order valence-corrected chi connectivity index (χ1v) is 10.8. The van der Waals surface area contributed by atoms with E-state index in [9.17, 15) is 13.2 Å². The Labute approximate surface area is 186 Å². The zero-order chi connectivity index (χ0) is 21.8. The summed E-state index contributed by atoms with van der Waals surface area (Å²) in [7, 11) is 0. The van der Waals surface area contributed by atoms with Gasteiger partial charge in [0.25, 0.3) is 0 Å². The maximum atomic E-state index is 13.0. The van der Waals surface area contributed by atoms with Crippen molar-refractivity contribution < 1.29 is 13.2 Å². The van der Waals surface area contributed by atoms with Gasteiger partial charge in [0.05, 0.1) is 17.1 Å². The topological polar surface area (TPSA) is 30.7 Å². The third kappa shape index (κ3) is 5.11. The number of rotatable bonds is 6. The van der Waals surface area contributed by atoms with E-state index in [1.807, 2.05) is 53.1 Å². The first-order valence-electron chi connectivity index (χ1n) is 9.43. The van der Waals surface area contributed by atoms with Gasteiger partial charge in [-0.05, 0) is 29.3 Å². The van der Waals surface area contributed by atoms with Crippen LogP contribution < -0.4 is 0 Å². The zero-order valence-corrected chi connectivity index (χ0v) is 17.8. The molecule has 3 nitrogen and oxygen atoms in total. The van der Waals surface area contributed by atoms with Crippen molar-refractivity contribution >= 4 is 23.4 Å². The Balaban J connectivity index is 1.65. The minimum absolute atomic E-state index is 0.333. The third-order valence-electron chi connectivity index (χ3n) is 4.64. The monoisotopic (exact) mass is 459 g/mol. The molecule has 0 unspecified atom stereocenters. The summed E-state index contributed by atoms with van der Waals surface area (Å²) in [6.45, 7) is 0.513. The molecular formula is C23H17ClF3N3S. The Bertz CT molecular complexity index is 1180. The fraction of sp³-hybridized carbons (Fsp3) is 0.130. The van der Waals surface area contributed by atoms with Crippen LogP contribution in [0.4, 0.5) is 13.2 Å². The van der Waals surface area contributed by atoms with E-state index in [1.165, 1.54) is 23.9 Å². The summed E-state index contributed by atoms with van der Waals surface area (Å²) in [6.07, 6.45) is -4.37. The maximum Gasteiger partial charge on any atom is 0.416 e. The second kappa shape index (κ2) is 9.16. The molecule has 0 radical (unpaired) electrons. The number of alkyl halides is 3. The third-order valence-corrected chi connectivity index (χ3v) is 6.00. The summed E-state index contributed by atoms with van der Waals surface area (Å²) in [6, 6.07) is 22.5. The highest BCUT2D eigenvalue weighted by molar-refractivity contribution is 7.98. The van der Waals surface area contributed by atoms with E-state index in [4.69, 9.17) is 11.6 Å². The van der Waals surface area contributed by atoms with Crippen molar-refractivity contribution in [1.82, 2.24) is 14.8 Å². The summed E-state index contributed by atoms with van der Waals surface area (Å²) in [4.78, 5) is 0. The van der Waals surface area contributed by atoms with Crippen molar-refractivity contribution in [2.75, 3.05) is 0 Å². The van der Waals surface area contributed by atoms with Crippen molar-refractivity contribution in [3.8, 4) is 11.4 Å². The normalized spacial score (nSPS) is 11.6. The van der Waals surface area contributed by atoms with E-state index in [0.717, 1.165) is 17.2 Å². The summed E-state index contributed by atoms with van der Waals surface area (Å²) in [5, 5.41) is 9.81. The average Bonchev–Trinajstić information content (AvgIpc) is 3.15. The molecule has 0 N–H and O–H groups in total. The van der Waals surface area contributed by atoms with Gasteiger partial charge in [0.1, 0.15) is 0 Å². The number of hydrogen-bond acceptors (Lipinski definition) is 3. The van der Waals surface area contributed by atoms with Gasteiger partial charge >= 0.3 is 6.18 Å². The molecule has 4 rings (SSSR count). The molecule has 0 aliphatic carbocycles. The van der Waals surface area contributed by atoms with Gasteiger partial charge in [-0.3, -0.25) is 4.57 Å². The summed E-state index contributed by atoms with van der Waals surface area (Å²) >= 11 is 7.72. The highest BCUT2D eigenvalue weighted by Gasteiger charge is 2.30. The summed E-state index contributed by atoms with van der Waals surface area (Å²) < 4.78 is 41.0. The van der Waals surface area contributed by atoms with Gasteiger partial charge in [-0.15, -0.1) is 10.2 Å². The largest absolute Gasteiger partial charge is 0.416 e. The number of nitrogens with zero attached hydrogens (tertiary/aromatic N) is 3. The van der Waals surface area contributed by atoms with Crippen molar-refractivity contribution in [2.45, 2.75) is 23.6 Å². The number of hydrogen-bond donors (Lipinski definition) is 0. The van der Waals surface area contributed by atoms with Gasteiger partial charge in [0.2, 0.25) is 0 Å². The Morgan fingerprint density at radius 2 is 1.55 bits per heavy atom. The molecule has 0 spiro atoms. The summed E-state index contributed by atoms with van der Waals surface area (Å²) in [5.74, 6) is 0.945. The highest BCUT2D eigenvalue weighted by Crippen LogP contribution is 2.33. The van der Waals surface area contributed by atoms with Crippen molar-refractivity contribution in [1.29, 1.82) is 0 Å². The molecule has 31 heavy (non-hydrogen) atoms. The van der Waals surface area contributed by atoms with Gasteiger partial charge in [0.15, 0.2) is 11.0 Å². The lowest BCUT2D eigenvalue weighted by Gasteiger charge is -2.12. The molecule has 0 saturated carbocycles.